The van der Waals surface area contributed by atoms with Gasteiger partial charge in [-0.2, -0.15) is 0 Å². The fourth-order valence-corrected chi connectivity index (χ4v) is 2.15. The quantitative estimate of drug-likeness (QED) is 0.182. The van der Waals surface area contributed by atoms with Gasteiger partial charge in [0.1, 0.15) is 11.6 Å². The summed E-state index contributed by atoms with van der Waals surface area (Å²) in [5.41, 5.74) is 3.27. The molecule has 0 radical (unpaired) electrons. The van der Waals surface area contributed by atoms with Crippen LogP contribution in [0.2, 0.25) is 10.0 Å². The van der Waals surface area contributed by atoms with E-state index in [1.807, 2.05) is 19.9 Å². The van der Waals surface area contributed by atoms with Crippen LogP contribution in [0.25, 0.3) is 0 Å². The first-order valence-corrected chi connectivity index (χ1v) is 30.2. The molecule has 0 amide bonds. The maximum absolute atomic E-state index is 12.8. The number of hydrogen-bond acceptors (Lipinski definition) is 0. The first-order chi connectivity index (χ1) is 12.4. The van der Waals surface area contributed by atoms with Gasteiger partial charge in [0.05, 0.1) is 5.02 Å². The minimum absolute atomic E-state index is 0.112. The molecule has 0 bridgehead atoms. The molecule has 0 fully saturated rings. The van der Waals surface area contributed by atoms with Crippen molar-refractivity contribution in [2.24, 2.45) is 0 Å². The monoisotopic (exact) mass is 1050 g/mol. The SMILES string of the molecule is Cc1cc(C)cc(F)c1.Cc1cc(F)c(Cl)c(C)c1Cl.[I][V]([I])[I].[I][V][I]. The summed E-state index contributed by atoms with van der Waals surface area (Å²) >= 11 is 23.5. The summed E-state index contributed by atoms with van der Waals surface area (Å²) < 4.78 is 25.3. The van der Waals surface area contributed by atoms with Crippen LogP contribution < -0.4 is 0 Å². The molecule has 0 aliphatic heterocycles. The molecule has 2 aromatic rings. The molecule has 0 N–H and O–H groups in total. The van der Waals surface area contributed by atoms with E-state index < -0.39 is 5.82 Å². The van der Waals surface area contributed by atoms with Crippen molar-refractivity contribution >= 4 is 123 Å². The summed E-state index contributed by atoms with van der Waals surface area (Å²) in [6.45, 7) is 7.21. The van der Waals surface area contributed by atoms with Gasteiger partial charge < -0.3 is 0 Å². The van der Waals surface area contributed by atoms with Crippen molar-refractivity contribution in [2.75, 3.05) is 0 Å². The van der Waals surface area contributed by atoms with Gasteiger partial charge in [-0.05, 0) is 68.1 Å². The van der Waals surface area contributed by atoms with Crippen LogP contribution in [0.4, 0.5) is 8.78 Å². The summed E-state index contributed by atoms with van der Waals surface area (Å²) in [7, 11) is 0.628. The van der Waals surface area contributed by atoms with Crippen molar-refractivity contribution in [3.63, 3.8) is 0 Å². The molecule has 0 saturated carbocycles. The van der Waals surface area contributed by atoms with Crippen molar-refractivity contribution < 1.29 is 23.2 Å². The number of rotatable bonds is 0. The number of benzene rings is 2. The molecule has 0 saturated heterocycles. The second-order valence-corrected chi connectivity index (χ2v) is 52.9. The zero-order chi connectivity index (χ0) is 21.7. The summed E-state index contributed by atoms with van der Waals surface area (Å²) in [6, 6.07) is 6.32. The van der Waals surface area contributed by atoms with E-state index in [9.17, 15) is 8.78 Å². The third-order valence-corrected chi connectivity index (χ3v) is 3.79. The molecular formula is C16H16Cl2F2I5V2. The third-order valence-electron chi connectivity index (χ3n) is 2.74. The van der Waals surface area contributed by atoms with Gasteiger partial charge in [-0.1, -0.05) is 29.3 Å². The summed E-state index contributed by atoms with van der Waals surface area (Å²) in [6.07, 6.45) is 0. The second kappa shape index (κ2) is 19.2. The Labute approximate surface area is 237 Å². The van der Waals surface area contributed by atoms with Crippen molar-refractivity contribution in [1.29, 1.82) is 0 Å². The molecule has 0 nitrogen and oxygen atoms in total. The van der Waals surface area contributed by atoms with Crippen LogP contribution >= 0.6 is 123 Å². The minimum atomic E-state index is -0.411. The van der Waals surface area contributed by atoms with Gasteiger partial charge in [0, 0.05) is 5.02 Å². The molecule has 0 heterocycles. The van der Waals surface area contributed by atoms with Gasteiger partial charge in [0.2, 0.25) is 0 Å². The first-order valence-electron chi connectivity index (χ1n) is 6.91. The molecule has 2 aromatic carbocycles. The fourth-order valence-electron chi connectivity index (χ4n) is 1.81. The molecule has 0 aliphatic carbocycles. The summed E-state index contributed by atoms with van der Waals surface area (Å²) in [4.78, 5) is -0.278. The van der Waals surface area contributed by atoms with Crippen LogP contribution in [-0.4, -0.2) is 0 Å². The summed E-state index contributed by atoms with van der Waals surface area (Å²) in [5.74, 6) is -0.557. The van der Waals surface area contributed by atoms with Crippen LogP contribution in [0.1, 0.15) is 22.3 Å². The van der Waals surface area contributed by atoms with E-state index in [-0.39, 0.29) is 15.8 Å². The Morgan fingerprint density at radius 3 is 1.52 bits per heavy atom. The Hall–Kier alpha value is 3.70. The Balaban J connectivity index is 0. The predicted molar refractivity (Wildman–Crippen MR) is 152 cm³/mol. The maximum atomic E-state index is 12.8. The van der Waals surface area contributed by atoms with Crippen molar-refractivity contribution in [3.8, 4) is 0 Å². The summed E-state index contributed by atoms with van der Waals surface area (Å²) in [5, 5.41) is 0.650. The number of hydrogen-bond donors (Lipinski definition) is 0. The number of halogens is 9. The standard InChI is InChI=1S/C8H7Cl2F.C8H9F.5HI.2V/c1-4-3-6(11)8(10)5(2)7(4)9;1-6-3-7(2)5-8(9)4-6;;;;;;;/h3H,1-2H3;3-5H,1-2H3;5*1H;;/q;;;;;;;+2;+3/p-5. The molecule has 0 unspecified atom stereocenters. The normalized spacial score (nSPS) is 9.26. The number of aryl methyl sites for hydroxylation is 3. The molecule has 153 valence electrons. The van der Waals surface area contributed by atoms with Crippen molar-refractivity contribution in [1.82, 2.24) is 0 Å². The van der Waals surface area contributed by atoms with E-state index in [1.165, 1.54) is 18.2 Å². The van der Waals surface area contributed by atoms with E-state index in [0.29, 0.717) is 25.6 Å². The van der Waals surface area contributed by atoms with Crippen molar-refractivity contribution in [2.45, 2.75) is 27.7 Å². The van der Waals surface area contributed by atoms with Crippen LogP contribution in [0.3, 0.4) is 0 Å². The Kier molecular flexibility index (Phi) is 23.4. The van der Waals surface area contributed by atoms with Gasteiger partial charge in [0.25, 0.3) is 0 Å². The van der Waals surface area contributed by atoms with Gasteiger partial charge in [-0.25, -0.2) is 8.78 Å². The van der Waals surface area contributed by atoms with E-state index in [1.54, 1.807) is 13.8 Å². The topological polar surface area (TPSA) is 0 Å². The molecule has 0 aliphatic rings. The molecule has 11 heteroatoms. The van der Waals surface area contributed by atoms with Crippen molar-refractivity contribution in [3.05, 3.63) is 68.2 Å². The Bertz CT molecular complexity index is 628. The van der Waals surface area contributed by atoms with Gasteiger partial charge >= 0.3 is 114 Å². The fraction of sp³-hybridized carbons (Fsp3) is 0.250. The Morgan fingerprint density at radius 1 is 0.815 bits per heavy atom. The van der Waals surface area contributed by atoms with Crippen LogP contribution in [-0.2, 0) is 14.4 Å². The molecule has 0 spiro atoms. The Morgan fingerprint density at radius 2 is 1.19 bits per heavy atom. The van der Waals surface area contributed by atoms with E-state index in [2.05, 4.69) is 99.9 Å². The predicted octanol–water partition coefficient (Wildman–Crippen LogP) is 10.6. The third kappa shape index (κ3) is 17.9. The second-order valence-electron chi connectivity index (χ2n) is 4.99. The van der Waals surface area contributed by atoms with E-state index >= 15 is 0 Å². The average molecular weight is 1050 g/mol. The molecule has 0 aromatic heterocycles. The zero-order valence-corrected chi connectivity index (χ0v) is 29.7. The van der Waals surface area contributed by atoms with Gasteiger partial charge in [-0.3, -0.25) is 0 Å². The van der Waals surface area contributed by atoms with Gasteiger partial charge in [-0.15, -0.1) is 0 Å². The molecule has 2 rings (SSSR count). The molecular weight excluding hydrogens is 1040 g/mol. The van der Waals surface area contributed by atoms with Crippen LogP contribution in [0.5, 0.6) is 0 Å². The zero-order valence-electron chi connectivity index (χ0n) is 14.6. The molecule has 27 heavy (non-hydrogen) atoms. The van der Waals surface area contributed by atoms with E-state index in [4.69, 9.17) is 23.2 Å². The van der Waals surface area contributed by atoms with E-state index in [0.717, 1.165) is 11.1 Å². The van der Waals surface area contributed by atoms with Crippen LogP contribution in [0.15, 0.2) is 24.3 Å². The van der Waals surface area contributed by atoms with Crippen LogP contribution in [0, 0.1) is 39.3 Å². The molecule has 0 atom stereocenters. The van der Waals surface area contributed by atoms with Gasteiger partial charge in [0.15, 0.2) is 0 Å². The first kappa shape index (κ1) is 32.9. The average Bonchev–Trinajstić information content (AvgIpc) is 2.50.